The third kappa shape index (κ3) is 3.37. The van der Waals surface area contributed by atoms with E-state index in [9.17, 15) is 4.79 Å². The molecule has 0 aliphatic carbocycles. The molecule has 1 fully saturated rings. The summed E-state index contributed by atoms with van der Waals surface area (Å²) in [5.74, 6) is 0.192. The molecule has 4 nitrogen and oxygen atoms in total. The molecule has 1 unspecified atom stereocenters. The molecule has 1 N–H and O–H groups in total. The maximum absolute atomic E-state index is 12.9. The van der Waals surface area contributed by atoms with Gasteiger partial charge in [0.15, 0.2) is 0 Å². The number of hydrogen-bond acceptors (Lipinski definition) is 3. The minimum atomic E-state index is -0.419. The quantitative estimate of drug-likeness (QED) is 0.917. The predicted molar refractivity (Wildman–Crippen MR) is 80.2 cm³/mol. The summed E-state index contributed by atoms with van der Waals surface area (Å²) in [7, 11) is 0. The molecule has 2 heterocycles. The summed E-state index contributed by atoms with van der Waals surface area (Å²) in [6, 6.07) is 6.00. The van der Waals surface area contributed by atoms with Gasteiger partial charge in [0.05, 0.1) is 17.8 Å². The fourth-order valence-electron chi connectivity index (χ4n) is 2.71. The van der Waals surface area contributed by atoms with Crippen molar-refractivity contribution in [3.05, 3.63) is 30.1 Å². The van der Waals surface area contributed by atoms with E-state index in [1.807, 2.05) is 30.0 Å². The number of nitrogens with zero attached hydrogens (tertiary/aromatic N) is 2. The Morgan fingerprint density at radius 2 is 2.25 bits per heavy atom. The van der Waals surface area contributed by atoms with Gasteiger partial charge in [-0.3, -0.25) is 9.78 Å². The van der Waals surface area contributed by atoms with Gasteiger partial charge in [0.25, 0.3) is 0 Å². The van der Waals surface area contributed by atoms with Crippen molar-refractivity contribution in [2.75, 3.05) is 6.54 Å². The van der Waals surface area contributed by atoms with Crippen LogP contribution in [-0.2, 0) is 11.3 Å². The number of carbonyl (C=O) groups is 1. The van der Waals surface area contributed by atoms with Gasteiger partial charge < -0.3 is 10.2 Å². The highest BCUT2D eigenvalue weighted by Crippen LogP contribution is 2.23. The summed E-state index contributed by atoms with van der Waals surface area (Å²) < 4.78 is 0. The van der Waals surface area contributed by atoms with E-state index in [1.165, 1.54) is 0 Å². The second-order valence-corrected chi connectivity index (χ2v) is 6.06. The Kier molecular flexibility index (Phi) is 4.76. The molecule has 2 rings (SSSR count). The van der Waals surface area contributed by atoms with Crippen LogP contribution in [0.25, 0.3) is 0 Å². The third-order valence-electron chi connectivity index (χ3n) is 4.03. The number of hydrogen-bond donors (Lipinski definition) is 1. The van der Waals surface area contributed by atoms with E-state index < -0.39 is 5.54 Å². The first-order valence-electron chi connectivity index (χ1n) is 7.49. The molecule has 4 heteroatoms. The molecule has 20 heavy (non-hydrogen) atoms. The van der Waals surface area contributed by atoms with Crippen molar-refractivity contribution >= 4 is 5.91 Å². The largest absolute Gasteiger partial charge is 0.333 e. The Labute approximate surface area is 121 Å². The van der Waals surface area contributed by atoms with Crippen LogP contribution >= 0.6 is 0 Å². The zero-order valence-corrected chi connectivity index (χ0v) is 12.7. The highest BCUT2D eigenvalue weighted by Gasteiger charge is 2.38. The Hall–Kier alpha value is -1.42. The van der Waals surface area contributed by atoms with E-state index in [1.54, 1.807) is 6.20 Å². The molecule has 0 radical (unpaired) electrons. The maximum atomic E-state index is 12.9. The molecular weight excluding hydrogens is 250 g/mol. The molecule has 1 amide bonds. The summed E-state index contributed by atoms with van der Waals surface area (Å²) in [6.07, 6.45) is 4.96. The molecule has 1 saturated heterocycles. The van der Waals surface area contributed by atoms with Crippen molar-refractivity contribution in [3.63, 3.8) is 0 Å². The van der Waals surface area contributed by atoms with Crippen molar-refractivity contribution < 1.29 is 4.79 Å². The normalized spacial score (nSPS) is 22.8. The zero-order valence-electron chi connectivity index (χ0n) is 12.7. The van der Waals surface area contributed by atoms with E-state index in [0.29, 0.717) is 6.54 Å². The zero-order chi connectivity index (χ0) is 14.6. The summed E-state index contributed by atoms with van der Waals surface area (Å²) >= 11 is 0. The van der Waals surface area contributed by atoms with E-state index in [0.717, 1.165) is 31.5 Å². The van der Waals surface area contributed by atoms with E-state index in [-0.39, 0.29) is 11.9 Å². The number of nitrogens with one attached hydrogen (secondary N) is 1. The second-order valence-electron chi connectivity index (χ2n) is 6.06. The van der Waals surface area contributed by atoms with Gasteiger partial charge in [-0.15, -0.1) is 0 Å². The lowest BCUT2D eigenvalue weighted by molar-refractivity contribution is -0.141. The van der Waals surface area contributed by atoms with Crippen molar-refractivity contribution in [3.8, 4) is 0 Å². The number of pyridine rings is 1. The van der Waals surface area contributed by atoms with Crippen LogP contribution in [0.15, 0.2) is 24.4 Å². The molecule has 0 spiro atoms. The topological polar surface area (TPSA) is 45.2 Å². The van der Waals surface area contributed by atoms with E-state index in [4.69, 9.17) is 0 Å². The molecule has 1 aliphatic heterocycles. The van der Waals surface area contributed by atoms with Gasteiger partial charge in [0.2, 0.25) is 5.91 Å². The van der Waals surface area contributed by atoms with Gasteiger partial charge in [0.1, 0.15) is 0 Å². The van der Waals surface area contributed by atoms with Gasteiger partial charge in [-0.2, -0.15) is 0 Å². The minimum absolute atomic E-state index is 0.171. The highest BCUT2D eigenvalue weighted by atomic mass is 16.2. The van der Waals surface area contributed by atoms with E-state index >= 15 is 0 Å². The van der Waals surface area contributed by atoms with Crippen molar-refractivity contribution in [2.45, 2.75) is 58.2 Å². The standard InChI is InChI=1S/C16H25N3O/c1-13(2)19(12-14-8-4-6-10-17-14)15(20)16(3)9-5-7-11-18-16/h4,6,8,10,13,18H,5,7,9,11-12H2,1-3H3. The number of aromatic nitrogens is 1. The van der Waals surface area contributed by atoms with Gasteiger partial charge in [-0.1, -0.05) is 6.07 Å². The van der Waals surface area contributed by atoms with Crippen LogP contribution in [0.3, 0.4) is 0 Å². The molecule has 0 bridgehead atoms. The van der Waals surface area contributed by atoms with Crippen molar-refractivity contribution in [1.29, 1.82) is 0 Å². The summed E-state index contributed by atoms with van der Waals surface area (Å²) in [5.41, 5.74) is 0.520. The lowest BCUT2D eigenvalue weighted by atomic mass is 9.89. The molecule has 1 aromatic rings. The Bertz CT molecular complexity index is 438. The van der Waals surface area contributed by atoms with Gasteiger partial charge >= 0.3 is 0 Å². The van der Waals surface area contributed by atoms with Crippen LogP contribution < -0.4 is 5.32 Å². The predicted octanol–water partition coefficient (Wildman–Crippen LogP) is 2.35. The average Bonchev–Trinajstić information content (AvgIpc) is 2.45. The number of amides is 1. The first-order valence-corrected chi connectivity index (χ1v) is 7.49. The average molecular weight is 275 g/mol. The fourth-order valence-corrected chi connectivity index (χ4v) is 2.71. The minimum Gasteiger partial charge on any atom is -0.333 e. The van der Waals surface area contributed by atoms with Gasteiger partial charge in [-0.25, -0.2) is 0 Å². The lowest BCUT2D eigenvalue weighted by Gasteiger charge is -2.39. The molecule has 1 atom stereocenters. The monoisotopic (exact) mass is 275 g/mol. The molecular formula is C16H25N3O. The second kappa shape index (κ2) is 6.35. The van der Waals surface area contributed by atoms with Crippen molar-refractivity contribution in [1.82, 2.24) is 15.2 Å². The Balaban J connectivity index is 2.13. The molecule has 0 saturated carbocycles. The van der Waals surface area contributed by atoms with Crippen molar-refractivity contribution in [2.24, 2.45) is 0 Å². The van der Waals surface area contributed by atoms with Crippen LogP contribution in [0.2, 0.25) is 0 Å². The Morgan fingerprint density at radius 1 is 1.45 bits per heavy atom. The fraction of sp³-hybridized carbons (Fsp3) is 0.625. The summed E-state index contributed by atoms with van der Waals surface area (Å²) in [6.45, 7) is 7.66. The van der Waals surface area contributed by atoms with Crippen LogP contribution in [0.4, 0.5) is 0 Å². The third-order valence-corrected chi connectivity index (χ3v) is 4.03. The van der Waals surface area contributed by atoms with Gasteiger partial charge in [0, 0.05) is 12.2 Å². The molecule has 1 aliphatic rings. The smallest absolute Gasteiger partial charge is 0.243 e. The number of piperidine rings is 1. The van der Waals surface area contributed by atoms with Crippen LogP contribution in [0.1, 0.15) is 45.7 Å². The maximum Gasteiger partial charge on any atom is 0.243 e. The lowest BCUT2D eigenvalue weighted by Crippen LogP contribution is -2.59. The highest BCUT2D eigenvalue weighted by molar-refractivity contribution is 5.86. The van der Waals surface area contributed by atoms with Gasteiger partial charge in [-0.05, 0) is 58.7 Å². The molecule has 1 aromatic heterocycles. The summed E-state index contributed by atoms with van der Waals surface area (Å²) in [4.78, 5) is 19.2. The summed E-state index contributed by atoms with van der Waals surface area (Å²) in [5, 5.41) is 3.40. The van der Waals surface area contributed by atoms with Crippen LogP contribution in [0.5, 0.6) is 0 Å². The van der Waals surface area contributed by atoms with Crippen LogP contribution in [-0.4, -0.2) is 33.9 Å². The van der Waals surface area contributed by atoms with Crippen LogP contribution in [0, 0.1) is 0 Å². The first kappa shape index (κ1) is 15.0. The Morgan fingerprint density at radius 3 is 2.80 bits per heavy atom. The molecule has 0 aromatic carbocycles. The number of rotatable bonds is 4. The SMILES string of the molecule is CC(C)N(Cc1ccccn1)C(=O)C1(C)CCCCN1. The first-order chi connectivity index (χ1) is 9.53. The van der Waals surface area contributed by atoms with E-state index in [2.05, 4.69) is 24.1 Å². The number of carbonyl (C=O) groups excluding carboxylic acids is 1. The molecule has 110 valence electrons.